The molecule has 0 rings (SSSR count). The van der Waals surface area contributed by atoms with Crippen molar-refractivity contribution in [2.45, 2.75) is 0 Å². The first kappa shape index (κ1) is 9.76. The topological polar surface area (TPSA) is 80.3 Å². The molecule has 0 atom stereocenters. The zero-order chi connectivity index (χ0) is 4.50. The standard InChI is InChI=1S/Cr.Cu.4O/q;+2;;;2*-1. The van der Waals surface area contributed by atoms with Crippen LogP contribution in [-0.2, 0) is 38.3 Å². The first-order valence-corrected chi connectivity index (χ1v) is 2.75. The average molecular weight is 180 g/mol. The summed E-state index contributed by atoms with van der Waals surface area (Å²) in [5.41, 5.74) is 0. The monoisotopic (exact) mass is 179 g/mol. The van der Waals surface area contributed by atoms with Crippen LogP contribution in [0.2, 0.25) is 0 Å². The Hall–Kier alpha value is 0.572. The van der Waals surface area contributed by atoms with Crippen molar-refractivity contribution in [3.05, 3.63) is 0 Å². The van der Waals surface area contributed by atoms with Crippen LogP contribution in [0, 0.1) is 0 Å². The normalized spacial score (nSPS) is 9.67. The zero-order valence-corrected chi connectivity index (χ0v) is 4.56. The van der Waals surface area contributed by atoms with Gasteiger partial charge in [0.25, 0.3) is 0 Å². The molecule has 0 saturated carbocycles. The Labute approximate surface area is 47.0 Å². The molecule has 0 fully saturated rings. The molecule has 4 nitrogen and oxygen atoms in total. The molecule has 0 aromatic heterocycles. The van der Waals surface area contributed by atoms with Gasteiger partial charge in [-0.15, -0.1) is 0 Å². The Balaban J connectivity index is 0. The van der Waals surface area contributed by atoms with Crippen molar-refractivity contribution in [3.8, 4) is 0 Å². The summed E-state index contributed by atoms with van der Waals surface area (Å²) in [6.07, 6.45) is 0. The van der Waals surface area contributed by atoms with Gasteiger partial charge in [-0.25, -0.2) is 0 Å². The summed E-state index contributed by atoms with van der Waals surface area (Å²) >= 11 is -5.75. The van der Waals surface area contributed by atoms with Crippen LogP contribution in [0.25, 0.3) is 0 Å². The Morgan fingerprint density at radius 1 is 1.17 bits per heavy atom. The fraction of sp³-hybridized carbons (Fsp3) is 0. The molecule has 6 heteroatoms. The van der Waals surface area contributed by atoms with Crippen molar-refractivity contribution >= 4 is 0 Å². The molecule has 0 aliphatic rings. The van der Waals surface area contributed by atoms with Gasteiger partial charge < -0.3 is 0 Å². The fourth-order valence-electron chi connectivity index (χ4n) is 0. The van der Waals surface area contributed by atoms with Crippen molar-refractivity contribution in [2.24, 2.45) is 0 Å². The van der Waals surface area contributed by atoms with Crippen molar-refractivity contribution in [1.29, 1.82) is 0 Å². The number of rotatable bonds is 0. The summed E-state index contributed by atoms with van der Waals surface area (Å²) in [5.74, 6) is 0. The van der Waals surface area contributed by atoms with E-state index in [0.29, 0.717) is 0 Å². The molecule has 0 saturated heterocycles. The summed E-state index contributed by atoms with van der Waals surface area (Å²) in [4.78, 5) is 0. The van der Waals surface area contributed by atoms with Gasteiger partial charge in [0.2, 0.25) is 0 Å². The zero-order valence-electron chi connectivity index (χ0n) is 2.34. The minimum absolute atomic E-state index is 0. The third-order valence-corrected chi connectivity index (χ3v) is 0. The maximum atomic E-state index is 8.59. The van der Waals surface area contributed by atoms with E-state index in [-0.39, 0.29) is 17.1 Å². The second kappa shape index (κ2) is 2.70. The van der Waals surface area contributed by atoms with Crippen LogP contribution >= 0.6 is 0 Å². The fourth-order valence-corrected chi connectivity index (χ4v) is 0. The Morgan fingerprint density at radius 3 is 1.17 bits per heavy atom. The third kappa shape index (κ3) is 178. The van der Waals surface area contributed by atoms with E-state index in [2.05, 4.69) is 0 Å². The van der Waals surface area contributed by atoms with Crippen LogP contribution in [0.3, 0.4) is 0 Å². The van der Waals surface area contributed by atoms with E-state index < -0.39 is 13.6 Å². The SMILES string of the molecule is [Cu+2].[O]=[Cr](=[O])([O-])[O-]. The van der Waals surface area contributed by atoms with Gasteiger partial charge in [0.1, 0.15) is 0 Å². The number of hydrogen-bond acceptors (Lipinski definition) is 4. The molecular formula is CrCuO4. The summed E-state index contributed by atoms with van der Waals surface area (Å²) in [6, 6.07) is 0. The van der Waals surface area contributed by atoms with E-state index in [0.717, 1.165) is 0 Å². The van der Waals surface area contributed by atoms with Crippen molar-refractivity contribution in [2.75, 3.05) is 0 Å². The summed E-state index contributed by atoms with van der Waals surface area (Å²) in [7, 11) is 0. The van der Waals surface area contributed by atoms with E-state index in [1.54, 1.807) is 0 Å². The Bertz CT molecular complexity index is 90.7. The number of hydrogen-bond donors (Lipinski definition) is 0. The van der Waals surface area contributed by atoms with Crippen LogP contribution in [0.5, 0.6) is 0 Å². The second-order valence-electron chi connectivity index (χ2n) is 0.408. The predicted molar refractivity (Wildman–Crippen MR) is 1.37 cm³/mol. The van der Waals surface area contributed by atoms with Crippen LogP contribution in [-0.4, -0.2) is 0 Å². The van der Waals surface area contributed by atoms with E-state index in [1.165, 1.54) is 0 Å². The minimum atomic E-state index is -5.75. The van der Waals surface area contributed by atoms with Crippen molar-refractivity contribution in [3.63, 3.8) is 0 Å². The molecule has 0 bridgehead atoms. The van der Waals surface area contributed by atoms with Crippen LogP contribution < -0.4 is 8.32 Å². The molecule has 0 N–H and O–H groups in total. The first-order chi connectivity index (χ1) is 2.00. The summed E-state index contributed by atoms with van der Waals surface area (Å²) < 4.78 is 34.4. The molecule has 41 valence electrons. The van der Waals surface area contributed by atoms with E-state index in [9.17, 15) is 0 Å². The first-order valence-electron chi connectivity index (χ1n) is 0.667. The van der Waals surface area contributed by atoms with Gasteiger partial charge in [0.15, 0.2) is 0 Å². The molecule has 0 unspecified atom stereocenters. The van der Waals surface area contributed by atoms with E-state index in [4.69, 9.17) is 15.9 Å². The van der Waals surface area contributed by atoms with Gasteiger partial charge in [-0.2, -0.15) is 0 Å². The Kier molecular flexibility index (Phi) is 4.39. The van der Waals surface area contributed by atoms with E-state index in [1.807, 2.05) is 0 Å². The van der Waals surface area contributed by atoms with E-state index >= 15 is 0 Å². The summed E-state index contributed by atoms with van der Waals surface area (Å²) in [6.45, 7) is 0. The van der Waals surface area contributed by atoms with Crippen LogP contribution in [0.15, 0.2) is 0 Å². The van der Waals surface area contributed by atoms with Gasteiger partial charge >= 0.3 is 46.6 Å². The quantitative estimate of drug-likeness (QED) is 0.382. The maximum absolute atomic E-state index is 8.59. The van der Waals surface area contributed by atoms with Gasteiger partial charge in [-0.1, -0.05) is 0 Å². The second-order valence-corrected chi connectivity index (χ2v) is 1.68. The summed E-state index contributed by atoms with van der Waals surface area (Å²) in [5, 5.41) is 0. The molecule has 0 aromatic rings. The molecule has 0 amide bonds. The molecule has 0 aliphatic carbocycles. The molecule has 6 heavy (non-hydrogen) atoms. The molecule has 1 radical (unpaired) electrons. The molecule has 0 aliphatic heterocycles. The molecule has 0 heterocycles. The van der Waals surface area contributed by atoms with Crippen molar-refractivity contribution in [1.82, 2.24) is 0 Å². The molecular weight excluding hydrogens is 180 g/mol. The van der Waals surface area contributed by atoms with Gasteiger partial charge in [-0.3, -0.25) is 0 Å². The van der Waals surface area contributed by atoms with Gasteiger partial charge in [-0.05, 0) is 0 Å². The third-order valence-electron chi connectivity index (χ3n) is 0. The van der Waals surface area contributed by atoms with Crippen LogP contribution in [0.1, 0.15) is 0 Å². The Morgan fingerprint density at radius 2 is 1.17 bits per heavy atom. The van der Waals surface area contributed by atoms with Gasteiger partial charge in [0, 0.05) is 0 Å². The van der Waals surface area contributed by atoms with Crippen LogP contribution in [0.4, 0.5) is 0 Å². The average Bonchev–Trinajstić information content (AvgIpc) is 0.722. The molecule has 0 aromatic carbocycles. The van der Waals surface area contributed by atoms with Gasteiger partial charge in [0.05, 0.1) is 0 Å². The predicted octanol–water partition coefficient (Wildman–Crippen LogP) is -2.62. The van der Waals surface area contributed by atoms with Crippen molar-refractivity contribution < 1.29 is 46.6 Å². The molecule has 0 spiro atoms.